The molecule has 1 unspecified atom stereocenters. The third-order valence-corrected chi connectivity index (χ3v) is 3.85. The molecule has 2 aromatic rings. The standard InChI is InChI=1S/C12H12ClN3OS/c1-2-9(10-4-3-5-18-10)16-12-8(6-17)11(13)14-7-15-12/h3-7,9H,2H2,1H3,(H,14,15,16). The fraction of sp³-hybridized carbons (Fsp3) is 0.250. The van der Waals surface area contributed by atoms with Crippen molar-refractivity contribution in [2.24, 2.45) is 0 Å². The van der Waals surface area contributed by atoms with Crippen molar-refractivity contribution in [3.8, 4) is 0 Å². The number of nitrogens with zero attached hydrogens (tertiary/aromatic N) is 2. The maximum Gasteiger partial charge on any atom is 0.156 e. The van der Waals surface area contributed by atoms with Crippen LogP contribution in [0.5, 0.6) is 0 Å². The first-order chi connectivity index (χ1) is 8.76. The Labute approximate surface area is 114 Å². The summed E-state index contributed by atoms with van der Waals surface area (Å²) in [6, 6.07) is 4.17. The maximum absolute atomic E-state index is 11.0. The zero-order chi connectivity index (χ0) is 13.0. The number of aldehydes is 1. The van der Waals surface area contributed by atoms with Crippen molar-refractivity contribution in [3.63, 3.8) is 0 Å². The molecule has 0 saturated carbocycles. The molecule has 0 aliphatic carbocycles. The largest absolute Gasteiger partial charge is 0.362 e. The molecule has 94 valence electrons. The van der Waals surface area contributed by atoms with Gasteiger partial charge in [0.2, 0.25) is 0 Å². The van der Waals surface area contributed by atoms with E-state index in [9.17, 15) is 4.79 Å². The summed E-state index contributed by atoms with van der Waals surface area (Å²) in [4.78, 5) is 20.1. The Morgan fingerprint density at radius 3 is 3.00 bits per heavy atom. The predicted molar refractivity (Wildman–Crippen MR) is 73.4 cm³/mol. The Morgan fingerprint density at radius 1 is 1.56 bits per heavy atom. The molecule has 0 saturated heterocycles. The molecule has 0 aliphatic heterocycles. The van der Waals surface area contributed by atoms with E-state index in [1.165, 1.54) is 11.2 Å². The van der Waals surface area contributed by atoms with Gasteiger partial charge in [0.15, 0.2) is 6.29 Å². The van der Waals surface area contributed by atoms with E-state index in [0.717, 1.165) is 6.42 Å². The molecule has 4 nitrogen and oxygen atoms in total. The number of halogens is 1. The van der Waals surface area contributed by atoms with Gasteiger partial charge in [0.05, 0.1) is 11.6 Å². The van der Waals surface area contributed by atoms with Crippen molar-refractivity contribution in [3.05, 3.63) is 39.4 Å². The molecule has 0 amide bonds. The molecule has 0 bridgehead atoms. The third kappa shape index (κ3) is 2.68. The van der Waals surface area contributed by atoms with E-state index in [1.54, 1.807) is 11.3 Å². The van der Waals surface area contributed by atoms with Crippen LogP contribution in [-0.2, 0) is 0 Å². The van der Waals surface area contributed by atoms with Gasteiger partial charge in [0.25, 0.3) is 0 Å². The Balaban J connectivity index is 2.28. The highest BCUT2D eigenvalue weighted by atomic mass is 35.5. The quantitative estimate of drug-likeness (QED) is 0.672. The van der Waals surface area contributed by atoms with Crippen LogP contribution in [0.25, 0.3) is 0 Å². The minimum atomic E-state index is 0.120. The van der Waals surface area contributed by atoms with E-state index in [0.29, 0.717) is 17.7 Å². The number of aromatic nitrogens is 2. The first-order valence-electron chi connectivity index (χ1n) is 5.51. The van der Waals surface area contributed by atoms with Gasteiger partial charge >= 0.3 is 0 Å². The summed E-state index contributed by atoms with van der Waals surface area (Å²) < 4.78 is 0. The van der Waals surface area contributed by atoms with Gasteiger partial charge in [-0.05, 0) is 17.9 Å². The van der Waals surface area contributed by atoms with Gasteiger partial charge in [0.1, 0.15) is 17.3 Å². The second-order valence-corrected chi connectivity index (χ2v) is 5.00. The Kier molecular flexibility index (Phi) is 4.28. The number of anilines is 1. The normalized spacial score (nSPS) is 12.1. The molecule has 0 radical (unpaired) electrons. The lowest BCUT2D eigenvalue weighted by Crippen LogP contribution is -2.11. The van der Waals surface area contributed by atoms with E-state index >= 15 is 0 Å². The summed E-state index contributed by atoms with van der Waals surface area (Å²) in [6.07, 6.45) is 2.91. The lowest BCUT2D eigenvalue weighted by atomic mass is 10.2. The zero-order valence-corrected chi connectivity index (χ0v) is 11.3. The lowest BCUT2D eigenvalue weighted by molar-refractivity contribution is 0.112. The Morgan fingerprint density at radius 2 is 2.39 bits per heavy atom. The molecule has 0 aliphatic rings. The number of nitrogens with one attached hydrogen (secondary N) is 1. The summed E-state index contributed by atoms with van der Waals surface area (Å²) in [6.45, 7) is 2.07. The number of carbonyl (C=O) groups excluding carboxylic acids is 1. The van der Waals surface area contributed by atoms with Crippen molar-refractivity contribution in [1.82, 2.24) is 9.97 Å². The van der Waals surface area contributed by atoms with Gasteiger partial charge in [-0.2, -0.15) is 0 Å². The van der Waals surface area contributed by atoms with Gasteiger partial charge < -0.3 is 5.32 Å². The van der Waals surface area contributed by atoms with Crippen molar-refractivity contribution in [2.75, 3.05) is 5.32 Å². The van der Waals surface area contributed by atoms with Crippen LogP contribution in [-0.4, -0.2) is 16.3 Å². The average molecular weight is 282 g/mol. The predicted octanol–water partition coefficient (Wildman–Crippen LogP) is 3.57. The van der Waals surface area contributed by atoms with Gasteiger partial charge in [-0.15, -0.1) is 11.3 Å². The third-order valence-electron chi connectivity index (χ3n) is 2.56. The molecule has 0 fully saturated rings. The zero-order valence-electron chi connectivity index (χ0n) is 9.76. The van der Waals surface area contributed by atoms with Crippen molar-refractivity contribution in [1.29, 1.82) is 0 Å². The highest BCUT2D eigenvalue weighted by Crippen LogP contribution is 2.27. The SMILES string of the molecule is CCC(Nc1ncnc(Cl)c1C=O)c1cccs1. The number of thiophene rings is 1. The van der Waals surface area contributed by atoms with E-state index in [-0.39, 0.29) is 11.2 Å². The van der Waals surface area contributed by atoms with Crippen molar-refractivity contribution in [2.45, 2.75) is 19.4 Å². The van der Waals surface area contributed by atoms with Crippen LogP contribution in [0.1, 0.15) is 34.6 Å². The number of carbonyl (C=O) groups is 1. The highest BCUT2D eigenvalue weighted by Gasteiger charge is 2.15. The monoisotopic (exact) mass is 281 g/mol. The van der Waals surface area contributed by atoms with Crippen molar-refractivity contribution >= 4 is 35.0 Å². The van der Waals surface area contributed by atoms with Crippen LogP contribution in [0.3, 0.4) is 0 Å². The molecule has 1 N–H and O–H groups in total. The van der Waals surface area contributed by atoms with Crippen molar-refractivity contribution < 1.29 is 4.79 Å². The molecule has 2 heterocycles. The average Bonchev–Trinajstić information content (AvgIpc) is 2.89. The molecular weight excluding hydrogens is 270 g/mol. The fourth-order valence-electron chi connectivity index (χ4n) is 1.62. The van der Waals surface area contributed by atoms with E-state index in [2.05, 4.69) is 28.3 Å². The summed E-state index contributed by atoms with van der Waals surface area (Å²) in [5.74, 6) is 0.477. The van der Waals surface area contributed by atoms with Crippen LogP contribution in [0.4, 0.5) is 5.82 Å². The number of hydrogen-bond donors (Lipinski definition) is 1. The smallest absolute Gasteiger partial charge is 0.156 e. The van der Waals surface area contributed by atoms with Crippen LogP contribution < -0.4 is 5.32 Å². The molecule has 0 spiro atoms. The minimum Gasteiger partial charge on any atom is -0.362 e. The van der Waals surface area contributed by atoms with Crippen LogP contribution in [0.2, 0.25) is 5.15 Å². The first-order valence-corrected chi connectivity index (χ1v) is 6.77. The molecule has 2 rings (SSSR count). The Hall–Kier alpha value is -1.46. The van der Waals surface area contributed by atoms with E-state index < -0.39 is 0 Å². The molecular formula is C12H12ClN3OS. The molecule has 6 heteroatoms. The Bertz CT molecular complexity index is 530. The fourth-order valence-corrected chi connectivity index (χ4v) is 2.66. The second kappa shape index (κ2) is 5.93. The summed E-state index contributed by atoms with van der Waals surface area (Å²) in [5.41, 5.74) is 0.300. The number of hydrogen-bond acceptors (Lipinski definition) is 5. The van der Waals surface area contributed by atoms with Gasteiger partial charge in [0, 0.05) is 4.88 Å². The van der Waals surface area contributed by atoms with Gasteiger partial charge in [-0.1, -0.05) is 24.6 Å². The second-order valence-electron chi connectivity index (χ2n) is 3.67. The van der Waals surface area contributed by atoms with Crippen LogP contribution >= 0.6 is 22.9 Å². The maximum atomic E-state index is 11.0. The minimum absolute atomic E-state index is 0.120. The van der Waals surface area contributed by atoms with E-state index in [1.807, 2.05) is 11.4 Å². The molecule has 2 aromatic heterocycles. The summed E-state index contributed by atoms with van der Waals surface area (Å²) >= 11 is 7.53. The lowest BCUT2D eigenvalue weighted by Gasteiger charge is -2.17. The first kappa shape index (κ1) is 13.0. The van der Waals surface area contributed by atoms with E-state index in [4.69, 9.17) is 11.6 Å². The van der Waals surface area contributed by atoms with Gasteiger partial charge in [-0.3, -0.25) is 4.79 Å². The molecule has 0 aromatic carbocycles. The summed E-state index contributed by atoms with van der Waals surface area (Å²) in [5, 5.41) is 5.43. The number of rotatable bonds is 5. The van der Waals surface area contributed by atoms with Crippen LogP contribution in [0, 0.1) is 0 Å². The topological polar surface area (TPSA) is 54.9 Å². The highest BCUT2D eigenvalue weighted by molar-refractivity contribution is 7.10. The summed E-state index contributed by atoms with van der Waals surface area (Å²) in [7, 11) is 0. The molecule has 18 heavy (non-hydrogen) atoms. The van der Waals surface area contributed by atoms with Gasteiger partial charge in [-0.25, -0.2) is 9.97 Å². The van der Waals surface area contributed by atoms with Crippen LogP contribution in [0.15, 0.2) is 23.8 Å². The molecule has 1 atom stereocenters.